The van der Waals surface area contributed by atoms with E-state index < -0.39 is 0 Å². The van der Waals surface area contributed by atoms with Crippen molar-refractivity contribution < 1.29 is 0 Å². The Morgan fingerprint density at radius 1 is 1.19 bits per heavy atom. The molecule has 0 atom stereocenters. The van der Waals surface area contributed by atoms with Crippen LogP contribution in [0.5, 0.6) is 0 Å². The van der Waals surface area contributed by atoms with Crippen molar-refractivity contribution >= 4 is 5.82 Å². The summed E-state index contributed by atoms with van der Waals surface area (Å²) in [6.07, 6.45) is 6.52. The molecule has 0 radical (unpaired) electrons. The highest BCUT2D eigenvalue weighted by Gasteiger charge is 2.16. The second kappa shape index (κ2) is 3.63. The van der Waals surface area contributed by atoms with Gasteiger partial charge in [-0.25, -0.2) is 9.97 Å². The van der Waals surface area contributed by atoms with E-state index in [1.54, 1.807) is 6.07 Å². The summed E-state index contributed by atoms with van der Waals surface area (Å²) in [6, 6.07) is 5.69. The molecule has 0 aromatic carbocycles. The van der Waals surface area contributed by atoms with Crippen LogP contribution in [0.3, 0.4) is 0 Å². The first-order valence-corrected chi connectivity index (χ1v) is 5.62. The molecule has 4 heteroatoms. The molecular formula is C12H14N4. The zero-order valence-corrected chi connectivity index (χ0v) is 9.06. The number of rotatable bonds is 1. The Morgan fingerprint density at radius 3 is 2.94 bits per heavy atom. The maximum atomic E-state index is 5.70. The van der Waals surface area contributed by atoms with Gasteiger partial charge in [0, 0.05) is 5.69 Å². The fourth-order valence-electron chi connectivity index (χ4n) is 2.24. The number of aryl methyl sites for hydroxylation is 1. The zero-order chi connectivity index (χ0) is 11.0. The standard InChI is InChI=1S/C12H14N4/c13-11-6-3-7-12(15-11)16-8-14-9-4-1-2-5-10(9)16/h3,6-8H,1-2,4-5H2,(H2,13,15). The molecule has 2 aromatic rings. The maximum absolute atomic E-state index is 5.70. The summed E-state index contributed by atoms with van der Waals surface area (Å²) < 4.78 is 2.06. The van der Waals surface area contributed by atoms with E-state index in [-0.39, 0.29) is 0 Å². The van der Waals surface area contributed by atoms with Crippen LogP contribution in [0, 0.1) is 0 Å². The number of hydrogen-bond donors (Lipinski definition) is 1. The molecule has 82 valence electrons. The van der Waals surface area contributed by atoms with Crippen molar-refractivity contribution in [2.45, 2.75) is 25.7 Å². The molecule has 2 heterocycles. The second-order valence-corrected chi connectivity index (χ2v) is 4.14. The number of aromatic nitrogens is 3. The molecule has 3 rings (SSSR count). The van der Waals surface area contributed by atoms with Gasteiger partial charge in [0.25, 0.3) is 0 Å². The lowest BCUT2D eigenvalue weighted by Crippen LogP contribution is -2.08. The van der Waals surface area contributed by atoms with Gasteiger partial charge in [-0.3, -0.25) is 4.57 Å². The fourth-order valence-corrected chi connectivity index (χ4v) is 2.24. The van der Waals surface area contributed by atoms with Gasteiger partial charge in [-0.2, -0.15) is 0 Å². The van der Waals surface area contributed by atoms with Crippen molar-refractivity contribution in [2.75, 3.05) is 5.73 Å². The molecule has 0 unspecified atom stereocenters. The molecule has 1 aliphatic rings. The lowest BCUT2D eigenvalue weighted by Gasteiger charge is -2.13. The Kier molecular flexibility index (Phi) is 2.13. The molecule has 2 aromatic heterocycles. The Labute approximate surface area is 94.1 Å². The van der Waals surface area contributed by atoms with Crippen LogP contribution in [0.15, 0.2) is 24.5 Å². The first kappa shape index (κ1) is 9.39. The summed E-state index contributed by atoms with van der Waals surface area (Å²) in [5.74, 6) is 1.42. The Bertz CT molecular complexity index is 515. The topological polar surface area (TPSA) is 56.7 Å². The van der Waals surface area contributed by atoms with Gasteiger partial charge in [0.1, 0.15) is 18.0 Å². The predicted octanol–water partition coefficient (Wildman–Crippen LogP) is 1.73. The van der Waals surface area contributed by atoms with Gasteiger partial charge < -0.3 is 5.73 Å². The molecule has 0 amide bonds. The average molecular weight is 214 g/mol. The third kappa shape index (κ3) is 1.46. The van der Waals surface area contributed by atoms with E-state index in [1.165, 1.54) is 24.2 Å². The molecule has 4 nitrogen and oxygen atoms in total. The van der Waals surface area contributed by atoms with Crippen molar-refractivity contribution in [3.05, 3.63) is 35.9 Å². The van der Waals surface area contributed by atoms with Crippen LogP contribution in [-0.2, 0) is 12.8 Å². The Morgan fingerprint density at radius 2 is 2.06 bits per heavy atom. The van der Waals surface area contributed by atoms with E-state index in [9.17, 15) is 0 Å². The van der Waals surface area contributed by atoms with E-state index >= 15 is 0 Å². The minimum Gasteiger partial charge on any atom is -0.384 e. The van der Waals surface area contributed by atoms with E-state index in [1.807, 2.05) is 18.5 Å². The summed E-state index contributed by atoms with van der Waals surface area (Å²) in [5, 5.41) is 0. The van der Waals surface area contributed by atoms with Gasteiger partial charge in [0.2, 0.25) is 0 Å². The van der Waals surface area contributed by atoms with Crippen LogP contribution >= 0.6 is 0 Å². The molecule has 0 aliphatic heterocycles. The highest BCUT2D eigenvalue weighted by Crippen LogP contribution is 2.22. The van der Waals surface area contributed by atoms with Gasteiger partial charge in [0.15, 0.2) is 0 Å². The van der Waals surface area contributed by atoms with Crippen molar-refractivity contribution in [1.82, 2.24) is 14.5 Å². The number of nitrogen functional groups attached to an aromatic ring is 1. The number of imidazole rings is 1. The van der Waals surface area contributed by atoms with Crippen LogP contribution < -0.4 is 5.73 Å². The van der Waals surface area contributed by atoms with E-state index in [0.29, 0.717) is 5.82 Å². The van der Waals surface area contributed by atoms with Crippen molar-refractivity contribution in [2.24, 2.45) is 0 Å². The van der Waals surface area contributed by atoms with Crippen molar-refractivity contribution in [3.63, 3.8) is 0 Å². The first-order valence-electron chi connectivity index (χ1n) is 5.62. The number of nitrogens with zero attached hydrogens (tertiary/aromatic N) is 3. The summed E-state index contributed by atoms with van der Waals surface area (Å²) >= 11 is 0. The average Bonchev–Trinajstić information content (AvgIpc) is 2.72. The minimum atomic E-state index is 0.552. The monoisotopic (exact) mass is 214 g/mol. The molecule has 2 N–H and O–H groups in total. The third-order valence-electron chi connectivity index (χ3n) is 3.03. The zero-order valence-electron chi connectivity index (χ0n) is 9.06. The van der Waals surface area contributed by atoms with Gasteiger partial charge in [-0.05, 0) is 37.8 Å². The quantitative estimate of drug-likeness (QED) is 0.786. The van der Waals surface area contributed by atoms with E-state index in [4.69, 9.17) is 5.73 Å². The van der Waals surface area contributed by atoms with Gasteiger partial charge in [-0.1, -0.05) is 6.07 Å². The van der Waals surface area contributed by atoms with Crippen molar-refractivity contribution in [1.29, 1.82) is 0 Å². The number of fused-ring (bicyclic) bond motifs is 1. The Balaban J connectivity index is 2.09. The van der Waals surface area contributed by atoms with Crippen LogP contribution in [0.2, 0.25) is 0 Å². The molecular weight excluding hydrogens is 200 g/mol. The molecule has 0 fully saturated rings. The Hall–Kier alpha value is -1.84. The van der Waals surface area contributed by atoms with Gasteiger partial charge in [-0.15, -0.1) is 0 Å². The van der Waals surface area contributed by atoms with E-state index in [2.05, 4.69) is 14.5 Å². The summed E-state index contributed by atoms with van der Waals surface area (Å²) in [7, 11) is 0. The summed E-state index contributed by atoms with van der Waals surface area (Å²) in [4.78, 5) is 8.77. The number of nitrogens with two attached hydrogens (primary N) is 1. The molecule has 0 bridgehead atoms. The van der Waals surface area contributed by atoms with Crippen molar-refractivity contribution in [3.8, 4) is 5.82 Å². The second-order valence-electron chi connectivity index (χ2n) is 4.14. The van der Waals surface area contributed by atoms with Crippen LogP contribution in [0.1, 0.15) is 24.2 Å². The lowest BCUT2D eigenvalue weighted by molar-refractivity contribution is 0.654. The van der Waals surface area contributed by atoms with Crippen LogP contribution in [0.25, 0.3) is 5.82 Å². The normalized spacial score (nSPS) is 14.8. The van der Waals surface area contributed by atoms with Crippen LogP contribution in [-0.4, -0.2) is 14.5 Å². The predicted molar refractivity (Wildman–Crippen MR) is 62.4 cm³/mol. The first-order chi connectivity index (χ1) is 7.84. The minimum absolute atomic E-state index is 0.552. The summed E-state index contributed by atoms with van der Waals surface area (Å²) in [5.41, 5.74) is 8.21. The third-order valence-corrected chi connectivity index (χ3v) is 3.03. The molecule has 0 saturated carbocycles. The largest absolute Gasteiger partial charge is 0.384 e. The number of hydrogen-bond acceptors (Lipinski definition) is 3. The highest BCUT2D eigenvalue weighted by molar-refractivity contribution is 5.37. The molecule has 16 heavy (non-hydrogen) atoms. The smallest absolute Gasteiger partial charge is 0.140 e. The molecule has 1 aliphatic carbocycles. The highest BCUT2D eigenvalue weighted by atomic mass is 15.1. The number of pyridine rings is 1. The van der Waals surface area contributed by atoms with Crippen LogP contribution in [0.4, 0.5) is 5.82 Å². The van der Waals surface area contributed by atoms with Gasteiger partial charge >= 0.3 is 0 Å². The van der Waals surface area contributed by atoms with E-state index in [0.717, 1.165) is 18.7 Å². The lowest BCUT2D eigenvalue weighted by atomic mass is 10.0. The molecule has 0 spiro atoms. The SMILES string of the molecule is Nc1cccc(-n2cnc3c2CCCC3)n1. The van der Waals surface area contributed by atoms with Gasteiger partial charge in [0.05, 0.1) is 5.69 Å². The summed E-state index contributed by atoms with van der Waals surface area (Å²) in [6.45, 7) is 0. The molecule has 0 saturated heterocycles. The fraction of sp³-hybridized carbons (Fsp3) is 0.333. The maximum Gasteiger partial charge on any atom is 0.140 e. The number of anilines is 1.